The van der Waals surface area contributed by atoms with Gasteiger partial charge in [-0.15, -0.1) is 6.58 Å². The average molecular weight is 468 g/mol. The zero-order valence-corrected chi connectivity index (χ0v) is 23.0. The van der Waals surface area contributed by atoms with E-state index in [1.807, 2.05) is 40.7 Å². The second-order valence-electron chi connectivity index (χ2n) is 9.06. The molecule has 34 heavy (non-hydrogen) atoms. The highest BCUT2D eigenvalue weighted by atomic mass is 16.5. The first-order valence-electron chi connectivity index (χ1n) is 13.3. The molecule has 0 radical (unpaired) electrons. The molecule has 0 aliphatic heterocycles. The number of allylic oxidation sites excluding steroid dienone is 1. The Kier molecular flexibility index (Phi) is 12.9. The lowest BCUT2D eigenvalue weighted by Crippen LogP contribution is -2.16. The number of phenols is 1. The highest BCUT2D eigenvalue weighted by Crippen LogP contribution is 2.42. The lowest BCUT2D eigenvalue weighted by Gasteiger charge is -2.29. The van der Waals surface area contributed by atoms with Gasteiger partial charge in [-0.2, -0.15) is 0 Å². The van der Waals surface area contributed by atoms with Gasteiger partial charge in [0.1, 0.15) is 11.5 Å². The zero-order valence-electron chi connectivity index (χ0n) is 23.0. The van der Waals surface area contributed by atoms with Crippen molar-refractivity contribution in [3.8, 4) is 11.5 Å². The van der Waals surface area contributed by atoms with Gasteiger partial charge in [0.2, 0.25) is 0 Å². The molecule has 0 spiro atoms. The van der Waals surface area contributed by atoms with E-state index in [0.29, 0.717) is 17.6 Å². The number of hydrogen-bond donors (Lipinski definition) is 2. The predicted molar refractivity (Wildman–Crippen MR) is 149 cm³/mol. The summed E-state index contributed by atoms with van der Waals surface area (Å²) in [6.45, 7) is 20.1. The summed E-state index contributed by atoms with van der Waals surface area (Å²) >= 11 is 0. The summed E-state index contributed by atoms with van der Waals surface area (Å²) in [5.41, 5.74) is 13.3. The maximum absolute atomic E-state index is 9.93. The van der Waals surface area contributed by atoms with Crippen molar-refractivity contribution in [2.45, 2.75) is 106 Å². The van der Waals surface area contributed by atoms with Gasteiger partial charge in [-0.3, -0.25) is 0 Å². The molecule has 1 fully saturated rings. The summed E-state index contributed by atoms with van der Waals surface area (Å²) in [5, 5.41) is 9.93. The van der Waals surface area contributed by atoms with E-state index in [1.54, 1.807) is 6.07 Å². The zero-order chi connectivity index (χ0) is 25.8. The number of nitrogens with two attached hydrogens (primary N) is 1. The first kappa shape index (κ1) is 29.6. The van der Waals surface area contributed by atoms with Crippen molar-refractivity contribution in [1.29, 1.82) is 0 Å². The van der Waals surface area contributed by atoms with E-state index < -0.39 is 0 Å². The van der Waals surface area contributed by atoms with E-state index in [4.69, 9.17) is 10.5 Å². The molecule has 2 aromatic carbocycles. The third-order valence-electron chi connectivity index (χ3n) is 6.74. The molecule has 0 amide bonds. The number of aryl methyl sites for hydroxylation is 2. The van der Waals surface area contributed by atoms with E-state index >= 15 is 0 Å². The van der Waals surface area contributed by atoms with Crippen LogP contribution in [0.3, 0.4) is 0 Å². The van der Waals surface area contributed by atoms with Crippen molar-refractivity contribution in [3.63, 3.8) is 0 Å². The summed E-state index contributed by atoms with van der Waals surface area (Å²) in [7, 11) is 0. The Morgan fingerprint density at radius 3 is 2.06 bits per heavy atom. The predicted octanol–water partition coefficient (Wildman–Crippen LogP) is 8.68. The van der Waals surface area contributed by atoms with Crippen LogP contribution in [0.25, 0.3) is 0 Å². The van der Waals surface area contributed by atoms with Crippen LogP contribution in [0.1, 0.15) is 101 Å². The molecule has 3 N–H and O–H groups in total. The highest BCUT2D eigenvalue weighted by molar-refractivity contribution is 5.63. The largest absolute Gasteiger partial charge is 0.508 e. The third-order valence-corrected chi connectivity index (χ3v) is 6.74. The fourth-order valence-corrected chi connectivity index (χ4v) is 4.66. The summed E-state index contributed by atoms with van der Waals surface area (Å²) < 4.78 is 6.23. The van der Waals surface area contributed by atoms with Gasteiger partial charge in [0.15, 0.2) is 0 Å². The van der Waals surface area contributed by atoms with E-state index in [1.165, 1.54) is 24.0 Å². The van der Waals surface area contributed by atoms with Gasteiger partial charge >= 0.3 is 0 Å². The summed E-state index contributed by atoms with van der Waals surface area (Å²) in [6, 6.07) is 8.26. The van der Waals surface area contributed by atoms with Crippen LogP contribution in [0.4, 0.5) is 5.69 Å². The van der Waals surface area contributed by atoms with Gasteiger partial charge < -0.3 is 15.6 Å². The second-order valence-corrected chi connectivity index (χ2v) is 9.06. The molecule has 1 saturated carbocycles. The Morgan fingerprint density at radius 2 is 1.50 bits per heavy atom. The molecule has 3 heteroatoms. The van der Waals surface area contributed by atoms with Gasteiger partial charge in [-0.1, -0.05) is 52.0 Å². The molecule has 0 unspecified atom stereocenters. The SMILES string of the molecule is C=CC1CCC(c2ccc(CCc3ccc(O)c(C)c3C)c(OC(C)C)c2N)CC1.CC.CC. The minimum absolute atomic E-state index is 0.0791. The molecule has 0 atom stereocenters. The number of nitrogen functional groups attached to an aromatic ring is 1. The Labute approximate surface area is 209 Å². The van der Waals surface area contributed by atoms with Gasteiger partial charge in [0.05, 0.1) is 11.8 Å². The van der Waals surface area contributed by atoms with Gasteiger partial charge in [0.25, 0.3) is 0 Å². The van der Waals surface area contributed by atoms with Crippen molar-refractivity contribution < 1.29 is 9.84 Å². The lowest BCUT2D eigenvalue weighted by atomic mass is 9.78. The van der Waals surface area contributed by atoms with E-state index in [9.17, 15) is 5.11 Å². The van der Waals surface area contributed by atoms with Crippen LogP contribution in [-0.2, 0) is 12.8 Å². The first-order chi connectivity index (χ1) is 16.3. The molecule has 0 aromatic heterocycles. The smallest absolute Gasteiger partial charge is 0.146 e. The number of ether oxygens (including phenoxy) is 1. The third kappa shape index (κ3) is 7.55. The minimum atomic E-state index is 0.0791. The number of aromatic hydroxyl groups is 1. The van der Waals surface area contributed by atoms with Crippen LogP contribution in [0.5, 0.6) is 11.5 Å². The normalized spacial score (nSPS) is 17.2. The van der Waals surface area contributed by atoms with Gasteiger partial charge in [0, 0.05) is 0 Å². The van der Waals surface area contributed by atoms with Crippen molar-refractivity contribution in [2.75, 3.05) is 5.73 Å². The van der Waals surface area contributed by atoms with Crippen molar-refractivity contribution in [1.82, 2.24) is 0 Å². The molecule has 190 valence electrons. The molecule has 0 saturated heterocycles. The number of phenolic OH excluding ortho intramolecular Hbond substituents is 1. The lowest BCUT2D eigenvalue weighted by molar-refractivity contribution is 0.241. The molecule has 0 heterocycles. The monoisotopic (exact) mass is 467 g/mol. The van der Waals surface area contributed by atoms with Crippen molar-refractivity contribution >= 4 is 5.69 Å². The fraction of sp³-hybridized carbons (Fsp3) is 0.548. The number of hydrogen-bond acceptors (Lipinski definition) is 3. The molecule has 3 nitrogen and oxygen atoms in total. The fourth-order valence-electron chi connectivity index (χ4n) is 4.66. The van der Waals surface area contributed by atoms with Crippen LogP contribution >= 0.6 is 0 Å². The Balaban J connectivity index is 0.00000137. The molecule has 3 rings (SSSR count). The maximum atomic E-state index is 9.93. The molecule has 1 aliphatic carbocycles. The molecule has 2 aromatic rings. The van der Waals surface area contributed by atoms with E-state index in [-0.39, 0.29) is 6.10 Å². The number of anilines is 1. The average Bonchev–Trinajstić information content (AvgIpc) is 2.86. The first-order valence-corrected chi connectivity index (χ1v) is 13.3. The molecular weight excluding hydrogens is 418 g/mol. The summed E-state index contributed by atoms with van der Waals surface area (Å²) in [5.74, 6) is 2.37. The van der Waals surface area contributed by atoms with Crippen LogP contribution in [-0.4, -0.2) is 11.2 Å². The Hall–Kier alpha value is -2.42. The second kappa shape index (κ2) is 14.8. The number of benzene rings is 2. The van der Waals surface area contributed by atoms with Crippen LogP contribution in [0.2, 0.25) is 0 Å². The van der Waals surface area contributed by atoms with E-state index in [2.05, 4.69) is 45.6 Å². The quantitative estimate of drug-likeness (QED) is 0.316. The van der Waals surface area contributed by atoms with Crippen molar-refractivity contribution in [3.05, 3.63) is 64.7 Å². The topological polar surface area (TPSA) is 55.5 Å². The summed E-state index contributed by atoms with van der Waals surface area (Å²) in [6.07, 6.45) is 8.63. The molecule has 1 aliphatic rings. The van der Waals surface area contributed by atoms with Crippen LogP contribution in [0, 0.1) is 19.8 Å². The Morgan fingerprint density at radius 1 is 0.941 bits per heavy atom. The van der Waals surface area contributed by atoms with Crippen LogP contribution in [0.15, 0.2) is 36.9 Å². The molecular formula is C31H49NO2. The van der Waals surface area contributed by atoms with Crippen LogP contribution < -0.4 is 10.5 Å². The highest BCUT2D eigenvalue weighted by Gasteiger charge is 2.24. The van der Waals surface area contributed by atoms with E-state index in [0.717, 1.165) is 53.8 Å². The van der Waals surface area contributed by atoms with Gasteiger partial charge in [-0.05, 0) is 112 Å². The number of rotatable bonds is 7. The van der Waals surface area contributed by atoms with Gasteiger partial charge in [-0.25, -0.2) is 0 Å². The molecule has 0 bridgehead atoms. The Bertz CT molecular complexity index is 893. The maximum Gasteiger partial charge on any atom is 0.146 e. The minimum Gasteiger partial charge on any atom is -0.508 e. The standard InChI is InChI=1S/C27H37NO2.2C2H6/c1-6-20-7-9-22(10-8-20)24-15-13-23(27(26(24)28)30-17(2)3)12-11-21-14-16-25(29)19(5)18(21)4;2*1-2/h6,13-17,20,22,29H,1,7-12,28H2,2-5H3;2*1-2H3. The summed E-state index contributed by atoms with van der Waals surface area (Å²) in [4.78, 5) is 0. The van der Waals surface area contributed by atoms with Crippen molar-refractivity contribution in [2.24, 2.45) is 5.92 Å².